The molecule has 118 valence electrons. The summed E-state index contributed by atoms with van der Waals surface area (Å²) in [5.74, 6) is -0.867. The average molecular weight is 307 g/mol. The van der Waals surface area contributed by atoms with Gasteiger partial charge in [-0.1, -0.05) is 38.6 Å². The first kappa shape index (κ1) is 19.1. The number of carbonyl (C=O) groups excluding carboxylic acids is 1. The second-order valence-electron chi connectivity index (χ2n) is 4.55. The number of nitrogens with zero attached hydrogens (tertiary/aromatic N) is 1. The van der Waals surface area contributed by atoms with E-state index in [1.165, 1.54) is 0 Å². The van der Waals surface area contributed by atoms with Gasteiger partial charge in [0.2, 0.25) is 0 Å². The summed E-state index contributed by atoms with van der Waals surface area (Å²) in [7, 11) is -4.09. The molecule has 0 N–H and O–H groups in total. The monoisotopic (exact) mass is 307 g/mol. The van der Waals surface area contributed by atoms with Crippen LogP contribution < -0.4 is 0 Å². The molecule has 0 spiro atoms. The molecule has 0 aliphatic rings. The Morgan fingerprint density at radius 1 is 1.20 bits per heavy atom. The quantitative estimate of drug-likeness (QED) is 0.369. The van der Waals surface area contributed by atoms with Gasteiger partial charge in [0.05, 0.1) is 0 Å². The van der Waals surface area contributed by atoms with Crippen molar-refractivity contribution in [1.29, 1.82) is 0 Å². The van der Waals surface area contributed by atoms with Crippen LogP contribution in [0.4, 0.5) is 0 Å². The lowest BCUT2D eigenvalue weighted by Gasteiger charge is -2.37. The highest BCUT2D eigenvalue weighted by Crippen LogP contribution is 2.28. The first-order chi connectivity index (χ1) is 9.20. The highest BCUT2D eigenvalue weighted by molar-refractivity contribution is 7.88. The molecule has 1 unspecified atom stereocenters. The Kier molecular flexibility index (Phi) is 7.40. The fourth-order valence-corrected chi connectivity index (χ4v) is 3.03. The maximum absolute atomic E-state index is 12.3. The van der Waals surface area contributed by atoms with Crippen molar-refractivity contribution in [3.8, 4) is 0 Å². The summed E-state index contributed by atoms with van der Waals surface area (Å²) in [6.07, 6.45) is 0.673. The average Bonchev–Trinajstić information content (AvgIpc) is 2.44. The molecule has 0 saturated carbocycles. The lowest BCUT2D eigenvalue weighted by Crippen LogP contribution is -2.52. The molecule has 0 bridgehead atoms. The standard InChI is InChI=1S/C13H25NO5S/c1-7-11(5)12(15)18-19-20(16,17)13(6,8-2)14(9-3)10-4/h5,7-10H2,1-4,6H3. The Labute approximate surface area is 121 Å². The SMILES string of the molecule is C=C(CC)C(=O)OOS(=O)(=O)C(C)(CC)N(CC)CC. The molecule has 0 heterocycles. The van der Waals surface area contributed by atoms with Gasteiger partial charge >= 0.3 is 16.1 Å². The minimum absolute atomic E-state index is 0.154. The van der Waals surface area contributed by atoms with Crippen molar-refractivity contribution in [2.45, 2.75) is 52.3 Å². The maximum Gasteiger partial charge on any atom is 0.370 e. The van der Waals surface area contributed by atoms with Crippen molar-refractivity contribution in [2.75, 3.05) is 13.1 Å². The Morgan fingerprint density at radius 2 is 1.70 bits per heavy atom. The van der Waals surface area contributed by atoms with E-state index in [1.54, 1.807) is 25.7 Å². The molecule has 0 aromatic heterocycles. The minimum atomic E-state index is -4.09. The summed E-state index contributed by atoms with van der Waals surface area (Å²) in [6, 6.07) is 0. The van der Waals surface area contributed by atoms with Gasteiger partial charge in [0.1, 0.15) is 4.87 Å². The molecule has 0 saturated heterocycles. The van der Waals surface area contributed by atoms with Crippen LogP contribution in [0.15, 0.2) is 12.2 Å². The van der Waals surface area contributed by atoms with Crippen LogP contribution in [-0.2, 0) is 24.1 Å². The summed E-state index contributed by atoms with van der Waals surface area (Å²) in [6.45, 7) is 13.3. The van der Waals surface area contributed by atoms with Gasteiger partial charge < -0.3 is 0 Å². The highest BCUT2D eigenvalue weighted by Gasteiger charge is 2.44. The van der Waals surface area contributed by atoms with Gasteiger partial charge in [-0.3, -0.25) is 9.79 Å². The summed E-state index contributed by atoms with van der Waals surface area (Å²) in [5.41, 5.74) is 0.154. The molecule has 0 amide bonds. The summed E-state index contributed by atoms with van der Waals surface area (Å²) in [5, 5.41) is 0. The van der Waals surface area contributed by atoms with Crippen LogP contribution in [0.25, 0.3) is 0 Å². The van der Waals surface area contributed by atoms with E-state index in [9.17, 15) is 13.2 Å². The van der Waals surface area contributed by atoms with E-state index in [0.29, 0.717) is 25.9 Å². The van der Waals surface area contributed by atoms with Gasteiger partial charge in [-0.05, 0) is 32.9 Å². The first-order valence-corrected chi connectivity index (χ1v) is 8.18. The Balaban J connectivity index is 5.10. The summed E-state index contributed by atoms with van der Waals surface area (Å²) >= 11 is 0. The number of carbonyl (C=O) groups is 1. The summed E-state index contributed by atoms with van der Waals surface area (Å²) in [4.78, 5) is 16.3. The molecule has 0 aliphatic carbocycles. The molecule has 1 atom stereocenters. The molecule has 7 heteroatoms. The van der Waals surface area contributed by atoms with Gasteiger partial charge in [-0.2, -0.15) is 8.42 Å². The van der Waals surface area contributed by atoms with Crippen LogP contribution in [-0.4, -0.2) is 37.2 Å². The third kappa shape index (κ3) is 4.04. The van der Waals surface area contributed by atoms with Crippen molar-refractivity contribution in [1.82, 2.24) is 4.90 Å². The maximum atomic E-state index is 12.3. The van der Waals surface area contributed by atoms with Crippen LogP contribution in [0.3, 0.4) is 0 Å². The predicted octanol–water partition coefficient (Wildman–Crippen LogP) is 2.23. The van der Waals surface area contributed by atoms with Crippen LogP contribution in [0.2, 0.25) is 0 Å². The zero-order valence-corrected chi connectivity index (χ0v) is 13.7. The van der Waals surface area contributed by atoms with Crippen LogP contribution in [0.5, 0.6) is 0 Å². The minimum Gasteiger partial charge on any atom is -0.283 e. The molecule has 0 aliphatic heterocycles. The van der Waals surface area contributed by atoms with E-state index >= 15 is 0 Å². The molecule has 0 radical (unpaired) electrons. The lowest BCUT2D eigenvalue weighted by molar-refractivity contribution is -0.208. The van der Waals surface area contributed by atoms with Crippen molar-refractivity contribution < 1.29 is 22.4 Å². The molecule has 0 rings (SSSR count). The van der Waals surface area contributed by atoms with Crippen molar-refractivity contribution >= 4 is 16.1 Å². The van der Waals surface area contributed by atoms with Gasteiger partial charge in [-0.15, -0.1) is 0 Å². The van der Waals surface area contributed by atoms with Gasteiger partial charge in [-0.25, -0.2) is 4.79 Å². The number of hydrogen-bond acceptors (Lipinski definition) is 6. The zero-order valence-electron chi connectivity index (χ0n) is 12.9. The van der Waals surface area contributed by atoms with Crippen molar-refractivity contribution in [3.05, 3.63) is 12.2 Å². The van der Waals surface area contributed by atoms with Crippen molar-refractivity contribution in [3.63, 3.8) is 0 Å². The van der Waals surface area contributed by atoms with Crippen LogP contribution in [0.1, 0.15) is 47.5 Å². The van der Waals surface area contributed by atoms with Gasteiger partial charge in [0, 0.05) is 5.57 Å². The van der Waals surface area contributed by atoms with E-state index in [1.807, 2.05) is 13.8 Å². The Hall–Kier alpha value is -0.920. The van der Waals surface area contributed by atoms with Crippen LogP contribution in [0, 0.1) is 0 Å². The third-order valence-corrected chi connectivity index (χ3v) is 5.41. The fraction of sp³-hybridized carbons (Fsp3) is 0.769. The smallest absolute Gasteiger partial charge is 0.283 e. The Bertz CT molecular complexity index is 442. The number of rotatable bonds is 9. The van der Waals surface area contributed by atoms with E-state index in [-0.39, 0.29) is 5.57 Å². The largest absolute Gasteiger partial charge is 0.370 e. The molecule has 0 aromatic rings. The molecule has 0 aromatic carbocycles. The molecule has 6 nitrogen and oxygen atoms in total. The third-order valence-electron chi connectivity index (χ3n) is 3.54. The van der Waals surface area contributed by atoms with Gasteiger partial charge in [0.15, 0.2) is 0 Å². The Morgan fingerprint density at radius 3 is 2.05 bits per heavy atom. The van der Waals surface area contributed by atoms with E-state index in [4.69, 9.17) is 0 Å². The topological polar surface area (TPSA) is 72.9 Å². The highest BCUT2D eigenvalue weighted by atomic mass is 32.2. The normalized spacial score (nSPS) is 14.9. The zero-order chi connectivity index (χ0) is 16.0. The molecule has 20 heavy (non-hydrogen) atoms. The van der Waals surface area contributed by atoms with E-state index in [2.05, 4.69) is 15.8 Å². The number of hydrogen-bond donors (Lipinski definition) is 0. The molecular weight excluding hydrogens is 282 g/mol. The second-order valence-corrected chi connectivity index (χ2v) is 6.47. The molecule has 0 fully saturated rings. The lowest BCUT2D eigenvalue weighted by atomic mass is 10.2. The predicted molar refractivity (Wildman–Crippen MR) is 77.1 cm³/mol. The van der Waals surface area contributed by atoms with Crippen molar-refractivity contribution in [2.24, 2.45) is 0 Å². The van der Waals surface area contributed by atoms with Gasteiger partial charge in [0.25, 0.3) is 0 Å². The van der Waals surface area contributed by atoms with Crippen LogP contribution >= 0.6 is 0 Å². The van der Waals surface area contributed by atoms with E-state index in [0.717, 1.165) is 0 Å². The molecular formula is C13H25NO5S. The summed E-state index contributed by atoms with van der Waals surface area (Å²) < 4.78 is 29.0. The van der Waals surface area contributed by atoms with E-state index < -0.39 is 21.0 Å². The second kappa shape index (κ2) is 7.75. The first-order valence-electron chi connectivity index (χ1n) is 6.77. The fourth-order valence-electron chi connectivity index (χ4n) is 1.80.